The van der Waals surface area contributed by atoms with E-state index < -0.39 is 35.6 Å². The van der Waals surface area contributed by atoms with Crippen LogP contribution in [0, 0.1) is 18.6 Å². The number of amides is 1. The Labute approximate surface area is 219 Å². The summed E-state index contributed by atoms with van der Waals surface area (Å²) < 4.78 is 44.0. The topological polar surface area (TPSA) is 122 Å². The largest absolute Gasteiger partial charge is 0.480 e. The molecular weight excluding hydrogens is 530 g/mol. The molecule has 2 aromatic heterocycles. The van der Waals surface area contributed by atoms with Crippen LogP contribution in [0.5, 0.6) is 5.75 Å². The quantitative estimate of drug-likeness (QED) is 0.287. The summed E-state index contributed by atoms with van der Waals surface area (Å²) >= 11 is 2.00. The third-order valence-electron chi connectivity index (χ3n) is 5.12. The van der Waals surface area contributed by atoms with Crippen LogP contribution in [0.4, 0.5) is 13.8 Å². The summed E-state index contributed by atoms with van der Waals surface area (Å²) in [5, 5.41) is 11.4. The lowest BCUT2D eigenvalue weighted by Gasteiger charge is -2.16. The number of nitrogens with zero attached hydrogens (tertiary/aromatic N) is 3. The molecule has 10 nitrogen and oxygen atoms in total. The molecule has 0 bridgehead atoms. The lowest BCUT2D eigenvalue weighted by molar-refractivity contribution is -0.113. The van der Waals surface area contributed by atoms with E-state index in [0.717, 1.165) is 35.2 Å². The standard InChI is InChI=1S/C23H24F2N4O6S2/c1-6-29-19(12(3)35-15-8-7-13(24)9-14(15)25)27-28-23(29)36-10-16(30)26-20-17(21(31)33-4)11(2)18(37-20)22(32)34-5/h7-9,12H,6,10H2,1-5H3,(H,26,30). The van der Waals surface area contributed by atoms with Crippen molar-refractivity contribution in [2.75, 3.05) is 25.3 Å². The maximum absolute atomic E-state index is 14.0. The second kappa shape index (κ2) is 12.1. The zero-order valence-electron chi connectivity index (χ0n) is 20.6. The number of carbonyl (C=O) groups is 3. The summed E-state index contributed by atoms with van der Waals surface area (Å²) in [5.74, 6) is -3.19. The average molecular weight is 555 g/mol. The molecular formula is C23H24F2N4O6S2. The summed E-state index contributed by atoms with van der Waals surface area (Å²) in [7, 11) is 2.41. The molecule has 2 heterocycles. The number of esters is 2. The maximum Gasteiger partial charge on any atom is 0.348 e. The smallest absolute Gasteiger partial charge is 0.348 e. The van der Waals surface area contributed by atoms with Crippen molar-refractivity contribution in [2.45, 2.75) is 38.6 Å². The molecule has 0 radical (unpaired) electrons. The molecule has 3 rings (SSSR count). The molecule has 0 saturated carbocycles. The van der Waals surface area contributed by atoms with E-state index in [1.807, 2.05) is 6.92 Å². The molecule has 1 unspecified atom stereocenters. The minimum Gasteiger partial charge on any atom is -0.480 e. The van der Waals surface area contributed by atoms with Crippen molar-refractivity contribution in [2.24, 2.45) is 0 Å². The van der Waals surface area contributed by atoms with Gasteiger partial charge < -0.3 is 24.1 Å². The van der Waals surface area contributed by atoms with Crippen molar-refractivity contribution in [3.8, 4) is 5.75 Å². The molecule has 3 aromatic rings. The predicted molar refractivity (Wildman–Crippen MR) is 132 cm³/mol. The number of aromatic nitrogens is 3. The summed E-state index contributed by atoms with van der Waals surface area (Å²) in [6, 6.07) is 3.00. The van der Waals surface area contributed by atoms with Crippen LogP contribution in [0.15, 0.2) is 23.4 Å². The number of anilines is 1. The van der Waals surface area contributed by atoms with E-state index in [2.05, 4.69) is 15.5 Å². The molecule has 0 aliphatic rings. The van der Waals surface area contributed by atoms with Crippen molar-refractivity contribution in [3.63, 3.8) is 0 Å². The molecule has 1 atom stereocenters. The molecule has 1 amide bonds. The molecule has 1 aromatic carbocycles. The van der Waals surface area contributed by atoms with E-state index >= 15 is 0 Å². The van der Waals surface area contributed by atoms with Gasteiger partial charge in [0.05, 0.1) is 25.5 Å². The number of ether oxygens (including phenoxy) is 3. The maximum atomic E-state index is 14.0. The fraction of sp³-hybridized carbons (Fsp3) is 0.348. The molecule has 0 spiro atoms. The first-order valence-corrected chi connectivity index (χ1v) is 12.7. The van der Waals surface area contributed by atoms with E-state index in [1.54, 1.807) is 18.4 Å². The Morgan fingerprint density at radius 1 is 1.16 bits per heavy atom. The Kier molecular flexibility index (Phi) is 9.21. The highest BCUT2D eigenvalue weighted by Gasteiger charge is 2.27. The van der Waals surface area contributed by atoms with Crippen molar-refractivity contribution in [3.05, 3.63) is 51.7 Å². The normalized spacial score (nSPS) is 11.6. The summed E-state index contributed by atoms with van der Waals surface area (Å²) in [4.78, 5) is 37.2. The Balaban J connectivity index is 1.73. The number of rotatable bonds is 10. The molecule has 0 saturated heterocycles. The van der Waals surface area contributed by atoms with E-state index in [-0.39, 0.29) is 26.9 Å². The second-order valence-corrected chi connectivity index (χ2v) is 9.46. The van der Waals surface area contributed by atoms with E-state index in [1.165, 1.54) is 20.3 Å². The minimum atomic E-state index is -0.842. The van der Waals surface area contributed by atoms with Gasteiger partial charge in [-0.15, -0.1) is 21.5 Å². The molecule has 0 fully saturated rings. The highest BCUT2D eigenvalue weighted by atomic mass is 32.2. The van der Waals surface area contributed by atoms with Gasteiger partial charge in [0.25, 0.3) is 0 Å². The second-order valence-electron chi connectivity index (χ2n) is 7.50. The van der Waals surface area contributed by atoms with Crippen LogP contribution in [-0.4, -0.2) is 52.6 Å². The summed E-state index contributed by atoms with van der Waals surface area (Å²) in [5.41, 5.74) is 0.415. The Hall–Kier alpha value is -3.52. The van der Waals surface area contributed by atoms with Crippen molar-refractivity contribution in [1.29, 1.82) is 0 Å². The van der Waals surface area contributed by atoms with Gasteiger partial charge >= 0.3 is 11.9 Å². The molecule has 0 aliphatic carbocycles. The number of halogens is 2. The zero-order valence-corrected chi connectivity index (χ0v) is 22.2. The van der Waals surface area contributed by atoms with Crippen LogP contribution in [-0.2, 0) is 20.8 Å². The fourth-order valence-corrected chi connectivity index (χ4v) is 5.29. The van der Waals surface area contributed by atoms with Gasteiger partial charge in [-0.1, -0.05) is 11.8 Å². The van der Waals surface area contributed by atoms with Crippen molar-refractivity contribution in [1.82, 2.24) is 14.8 Å². The van der Waals surface area contributed by atoms with E-state index in [0.29, 0.717) is 23.1 Å². The van der Waals surface area contributed by atoms with Gasteiger partial charge in [-0.25, -0.2) is 18.4 Å². The Morgan fingerprint density at radius 3 is 2.49 bits per heavy atom. The third-order valence-corrected chi connectivity index (χ3v) is 7.27. The highest BCUT2D eigenvalue weighted by Crippen LogP contribution is 2.34. The van der Waals surface area contributed by atoms with Gasteiger partial charge in [0, 0.05) is 12.6 Å². The number of benzene rings is 1. The van der Waals surface area contributed by atoms with Gasteiger partial charge in [-0.05, 0) is 38.5 Å². The number of hydrogen-bond acceptors (Lipinski definition) is 10. The number of thiophene rings is 1. The molecule has 37 heavy (non-hydrogen) atoms. The first kappa shape index (κ1) is 28.1. The van der Waals surface area contributed by atoms with Gasteiger partial charge in [0.1, 0.15) is 15.7 Å². The van der Waals surface area contributed by atoms with Gasteiger partial charge in [0.15, 0.2) is 28.7 Å². The molecule has 1 N–H and O–H groups in total. The van der Waals surface area contributed by atoms with Crippen LogP contribution in [0.2, 0.25) is 0 Å². The zero-order chi connectivity index (χ0) is 27.3. The molecule has 14 heteroatoms. The lowest BCUT2D eigenvalue weighted by atomic mass is 10.1. The Morgan fingerprint density at radius 2 is 1.86 bits per heavy atom. The first-order valence-electron chi connectivity index (χ1n) is 10.9. The first-order chi connectivity index (χ1) is 17.6. The van der Waals surface area contributed by atoms with Gasteiger partial charge in [-0.2, -0.15) is 0 Å². The number of carbonyl (C=O) groups excluding carboxylic acids is 3. The van der Waals surface area contributed by atoms with Crippen molar-refractivity contribution >= 4 is 45.9 Å². The van der Waals surface area contributed by atoms with E-state index in [4.69, 9.17) is 14.2 Å². The third kappa shape index (κ3) is 6.25. The van der Waals surface area contributed by atoms with Crippen LogP contribution >= 0.6 is 23.1 Å². The summed E-state index contributed by atoms with van der Waals surface area (Å²) in [6.07, 6.45) is -0.718. The number of thioether (sulfide) groups is 1. The molecule has 198 valence electrons. The predicted octanol–water partition coefficient (Wildman–Crippen LogP) is 4.39. The van der Waals surface area contributed by atoms with Crippen LogP contribution < -0.4 is 10.1 Å². The van der Waals surface area contributed by atoms with Gasteiger partial charge in [-0.3, -0.25) is 4.79 Å². The SMILES string of the molecule is CCn1c(SCC(=O)Nc2sc(C(=O)OC)c(C)c2C(=O)OC)nnc1C(C)Oc1ccc(F)cc1F. The van der Waals surface area contributed by atoms with Gasteiger partial charge in [0.2, 0.25) is 5.91 Å². The number of methoxy groups -OCH3 is 2. The monoisotopic (exact) mass is 554 g/mol. The van der Waals surface area contributed by atoms with Crippen LogP contribution in [0.3, 0.4) is 0 Å². The number of nitrogens with one attached hydrogen (secondary N) is 1. The average Bonchev–Trinajstić information content (AvgIpc) is 3.43. The van der Waals surface area contributed by atoms with Crippen LogP contribution in [0.25, 0.3) is 0 Å². The van der Waals surface area contributed by atoms with Crippen LogP contribution in [0.1, 0.15) is 51.4 Å². The highest BCUT2D eigenvalue weighted by molar-refractivity contribution is 7.99. The minimum absolute atomic E-state index is 0.0734. The number of hydrogen-bond donors (Lipinski definition) is 1. The Bertz CT molecular complexity index is 1330. The van der Waals surface area contributed by atoms with E-state index in [9.17, 15) is 23.2 Å². The summed E-state index contributed by atoms with van der Waals surface area (Å²) in [6.45, 7) is 5.48. The van der Waals surface area contributed by atoms with Crippen molar-refractivity contribution < 1.29 is 37.4 Å². The fourth-order valence-electron chi connectivity index (χ4n) is 3.35. The molecule has 0 aliphatic heterocycles. The lowest BCUT2D eigenvalue weighted by Crippen LogP contribution is -2.17.